The molecule has 3 aromatic carbocycles. The predicted octanol–water partition coefficient (Wildman–Crippen LogP) is 5.89. The normalized spacial score (nSPS) is 13.2. The van der Waals surface area contributed by atoms with Crippen molar-refractivity contribution in [2.75, 3.05) is 7.11 Å². The van der Waals surface area contributed by atoms with E-state index in [1.807, 2.05) is 13.8 Å². The van der Waals surface area contributed by atoms with E-state index in [0.717, 1.165) is 27.7 Å². The van der Waals surface area contributed by atoms with E-state index in [1.54, 1.807) is 12.1 Å². The van der Waals surface area contributed by atoms with Gasteiger partial charge in [0.15, 0.2) is 0 Å². The van der Waals surface area contributed by atoms with Gasteiger partial charge in [-0.2, -0.15) is 13.2 Å². The maximum absolute atomic E-state index is 13.9. The first-order valence-corrected chi connectivity index (χ1v) is 12.7. The number of hydrogen-bond donors (Lipinski definition) is 1. The lowest BCUT2D eigenvalue weighted by Gasteiger charge is -2.17. The molecule has 1 heterocycles. The van der Waals surface area contributed by atoms with Crippen LogP contribution in [0.15, 0.2) is 77.7 Å². The minimum absolute atomic E-state index is 0.00125. The van der Waals surface area contributed by atoms with Gasteiger partial charge in [-0.15, -0.1) is 0 Å². The molecular formula is C27H24F3NO5S. The molecule has 0 bridgehead atoms. The first-order valence-electron chi connectivity index (χ1n) is 11.3. The molecule has 10 heteroatoms. The Balaban J connectivity index is 1.94. The average molecular weight is 532 g/mol. The van der Waals surface area contributed by atoms with Gasteiger partial charge in [-0.3, -0.25) is 0 Å². The van der Waals surface area contributed by atoms with Crippen LogP contribution in [0.5, 0.6) is 0 Å². The van der Waals surface area contributed by atoms with Crippen LogP contribution in [0.25, 0.3) is 10.9 Å². The van der Waals surface area contributed by atoms with Crippen LogP contribution in [0.1, 0.15) is 58.6 Å². The number of hydrogen-bond acceptors (Lipinski definition) is 5. The summed E-state index contributed by atoms with van der Waals surface area (Å²) in [6.45, 7) is 3.81. The van der Waals surface area contributed by atoms with E-state index >= 15 is 0 Å². The molecule has 194 valence electrons. The number of nitrogens with zero attached hydrogens (tertiary/aromatic N) is 1. The molecule has 4 aromatic rings. The van der Waals surface area contributed by atoms with Crippen molar-refractivity contribution in [3.8, 4) is 0 Å². The van der Waals surface area contributed by atoms with Crippen molar-refractivity contribution < 1.29 is 36.2 Å². The van der Waals surface area contributed by atoms with Gasteiger partial charge < -0.3 is 9.84 Å². The molecule has 6 nitrogen and oxygen atoms in total. The van der Waals surface area contributed by atoms with Gasteiger partial charge in [-0.05, 0) is 65.6 Å². The highest BCUT2D eigenvalue weighted by Crippen LogP contribution is 2.36. The Morgan fingerprint density at radius 3 is 2.22 bits per heavy atom. The summed E-state index contributed by atoms with van der Waals surface area (Å²) >= 11 is 0. The highest BCUT2D eigenvalue weighted by molar-refractivity contribution is 7.90. The maximum Gasteiger partial charge on any atom is 0.416 e. The van der Waals surface area contributed by atoms with Crippen molar-refractivity contribution in [2.24, 2.45) is 0 Å². The quantitative estimate of drug-likeness (QED) is 0.314. The van der Waals surface area contributed by atoms with Crippen molar-refractivity contribution in [3.05, 3.63) is 101 Å². The molecule has 0 fully saturated rings. The summed E-state index contributed by atoms with van der Waals surface area (Å²) in [5, 5.41) is 11.2. The Morgan fingerprint density at radius 1 is 0.946 bits per heavy atom. The molecule has 0 aliphatic rings. The standard InChI is InChI=1S/C27H24F3NO5S/c1-16(2)19-5-4-6-22(14-19)37(34,35)31-23-12-11-21(27(28,29)30)13-20(23)15-24(31)25(32)17-7-9-18(10-8-17)26(33)36-3/h4-16,25,32H,1-3H3. The number of esters is 1. The predicted molar refractivity (Wildman–Crippen MR) is 132 cm³/mol. The number of fused-ring (bicyclic) bond motifs is 1. The van der Waals surface area contributed by atoms with E-state index in [9.17, 15) is 31.5 Å². The monoisotopic (exact) mass is 531 g/mol. The molecule has 37 heavy (non-hydrogen) atoms. The molecule has 1 atom stereocenters. The van der Waals surface area contributed by atoms with Gasteiger partial charge in [0.1, 0.15) is 6.10 Å². The Hall–Kier alpha value is -3.63. The van der Waals surface area contributed by atoms with Gasteiger partial charge in [-0.25, -0.2) is 17.2 Å². The first kappa shape index (κ1) is 26.4. The highest BCUT2D eigenvalue weighted by atomic mass is 32.2. The number of halogens is 3. The minimum atomic E-state index is -4.64. The summed E-state index contributed by atoms with van der Waals surface area (Å²) in [4.78, 5) is 11.7. The SMILES string of the molecule is COC(=O)c1ccc(C(O)c2cc3cc(C(F)(F)F)ccc3n2S(=O)(=O)c2cccc(C(C)C)c2)cc1. The Morgan fingerprint density at radius 2 is 1.62 bits per heavy atom. The van der Waals surface area contributed by atoms with E-state index in [0.29, 0.717) is 0 Å². The van der Waals surface area contributed by atoms with E-state index < -0.39 is 33.8 Å². The first-order chi connectivity index (χ1) is 17.3. The highest BCUT2D eigenvalue weighted by Gasteiger charge is 2.33. The number of carbonyl (C=O) groups excluding carboxylic acids is 1. The minimum Gasteiger partial charge on any atom is -0.465 e. The molecule has 4 rings (SSSR count). The van der Waals surface area contributed by atoms with Crippen LogP contribution >= 0.6 is 0 Å². The molecule has 0 saturated heterocycles. The van der Waals surface area contributed by atoms with E-state index in [1.165, 1.54) is 49.6 Å². The zero-order chi connectivity index (χ0) is 27.1. The molecule has 0 spiro atoms. The Bertz CT molecular complexity index is 1570. The summed E-state index contributed by atoms with van der Waals surface area (Å²) in [6, 6.07) is 15.9. The molecule has 0 amide bonds. The van der Waals surface area contributed by atoms with Crippen molar-refractivity contribution in [1.29, 1.82) is 0 Å². The number of carbonyl (C=O) groups is 1. The number of methoxy groups -OCH3 is 1. The third-order valence-electron chi connectivity index (χ3n) is 6.10. The number of alkyl halides is 3. The molecule has 0 saturated carbocycles. The fraction of sp³-hybridized carbons (Fsp3) is 0.222. The van der Waals surface area contributed by atoms with Gasteiger partial charge in [-0.1, -0.05) is 38.1 Å². The number of aromatic nitrogens is 1. The van der Waals surface area contributed by atoms with E-state index in [4.69, 9.17) is 0 Å². The molecular weight excluding hydrogens is 507 g/mol. The third-order valence-corrected chi connectivity index (χ3v) is 7.84. The van der Waals surface area contributed by atoms with Crippen LogP contribution in [-0.2, 0) is 20.9 Å². The van der Waals surface area contributed by atoms with Gasteiger partial charge in [0.25, 0.3) is 10.0 Å². The molecule has 1 unspecified atom stereocenters. The lowest BCUT2D eigenvalue weighted by atomic mass is 10.0. The van der Waals surface area contributed by atoms with Gasteiger partial charge >= 0.3 is 12.1 Å². The van der Waals surface area contributed by atoms with E-state index in [-0.39, 0.29) is 38.5 Å². The zero-order valence-electron chi connectivity index (χ0n) is 20.2. The second-order valence-electron chi connectivity index (χ2n) is 8.85. The van der Waals surface area contributed by atoms with E-state index in [2.05, 4.69) is 4.74 Å². The lowest BCUT2D eigenvalue weighted by molar-refractivity contribution is -0.137. The second-order valence-corrected chi connectivity index (χ2v) is 10.6. The zero-order valence-corrected chi connectivity index (χ0v) is 21.0. The van der Waals surface area contributed by atoms with Crippen LogP contribution in [0.3, 0.4) is 0 Å². The van der Waals surface area contributed by atoms with Gasteiger partial charge in [0.2, 0.25) is 0 Å². The van der Waals surface area contributed by atoms with Crippen LogP contribution in [-0.4, -0.2) is 30.6 Å². The molecule has 0 aliphatic heterocycles. The van der Waals surface area contributed by atoms with Crippen molar-refractivity contribution in [1.82, 2.24) is 3.97 Å². The van der Waals surface area contributed by atoms with Crippen LogP contribution in [0, 0.1) is 0 Å². The molecule has 1 N–H and O–H groups in total. The third kappa shape index (κ3) is 4.99. The average Bonchev–Trinajstić information content (AvgIpc) is 3.27. The number of rotatable bonds is 6. The topological polar surface area (TPSA) is 85.6 Å². The van der Waals surface area contributed by atoms with Crippen molar-refractivity contribution in [2.45, 2.75) is 36.9 Å². The number of aliphatic hydroxyl groups excluding tert-OH is 1. The summed E-state index contributed by atoms with van der Waals surface area (Å²) in [7, 11) is -3.11. The Kier molecular flexibility index (Phi) is 6.91. The Labute approximate surface area is 212 Å². The number of benzene rings is 3. The van der Waals surface area contributed by atoms with Crippen molar-refractivity contribution >= 4 is 26.9 Å². The fourth-order valence-corrected chi connectivity index (χ4v) is 5.68. The smallest absolute Gasteiger partial charge is 0.416 e. The number of ether oxygens (including phenoxy) is 1. The second kappa shape index (κ2) is 9.68. The summed E-state index contributed by atoms with van der Waals surface area (Å²) in [5.74, 6) is -0.563. The van der Waals surface area contributed by atoms with Gasteiger partial charge in [0.05, 0.1) is 34.3 Å². The van der Waals surface area contributed by atoms with Gasteiger partial charge in [0, 0.05) is 5.39 Å². The summed E-state index contributed by atoms with van der Waals surface area (Å²) < 4.78 is 73.4. The van der Waals surface area contributed by atoms with Crippen LogP contribution in [0.2, 0.25) is 0 Å². The molecule has 0 aliphatic carbocycles. The van der Waals surface area contributed by atoms with Crippen molar-refractivity contribution in [3.63, 3.8) is 0 Å². The molecule has 1 aromatic heterocycles. The number of aliphatic hydroxyl groups is 1. The summed E-state index contributed by atoms with van der Waals surface area (Å²) in [5.41, 5.74) is 0.112. The maximum atomic E-state index is 13.9. The largest absolute Gasteiger partial charge is 0.465 e. The van der Waals surface area contributed by atoms with Crippen LogP contribution < -0.4 is 0 Å². The fourth-order valence-electron chi connectivity index (χ4n) is 4.08. The summed E-state index contributed by atoms with van der Waals surface area (Å²) in [6.07, 6.45) is -6.17. The molecule has 0 radical (unpaired) electrons. The lowest BCUT2D eigenvalue weighted by Crippen LogP contribution is -2.18. The van der Waals surface area contributed by atoms with Crippen LogP contribution in [0.4, 0.5) is 13.2 Å².